The van der Waals surface area contributed by atoms with E-state index in [0.717, 1.165) is 34.6 Å². The Morgan fingerprint density at radius 2 is 1.57 bits per heavy atom. The van der Waals surface area contributed by atoms with Crippen LogP contribution in [0, 0.1) is 13.8 Å². The Morgan fingerprint density at radius 3 is 2.10 bits per heavy atom. The van der Waals surface area contributed by atoms with Gasteiger partial charge in [-0.05, 0) is 48.2 Å². The maximum Gasteiger partial charge on any atom is 0.125 e. The molecule has 0 radical (unpaired) electrons. The molecule has 0 fully saturated rings. The second kappa shape index (κ2) is 7.37. The molecule has 0 heterocycles. The third-order valence-corrected chi connectivity index (χ3v) is 3.78. The van der Waals surface area contributed by atoms with Gasteiger partial charge in [-0.1, -0.05) is 24.3 Å². The SMILES string of the molecule is COc1ccc(CCOc2c(C)cc(CCl)cc2C)cc1. The summed E-state index contributed by atoms with van der Waals surface area (Å²) >= 11 is 5.88. The molecule has 0 amide bonds. The standard InChI is InChI=1S/C18H21ClO2/c1-13-10-16(12-19)11-14(2)18(13)21-9-8-15-4-6-17(20-3)7-5-15/h4-7,10-11H,8-9,12H2,1-3H3. The average molecular weight is 305 g/mol. The van der Waals surface area contributed by atoms with E-state index < -0.39 is 0 Å². The number of methoxy groups -OCH3 is 1. The van der Waals surface area contributed by atoms with Crippen molar-refractivity contribution in [1.82, 2.24) is 0 Å². The van der Waals surface area contributed by atoms with Crippen molar-refractivity contribution in [3.8, 4) is 11.5 Å². The summed E-state index contributed by atoms with van der Waals surface area (Å²) < 4.78 is 11.1. The molecule has 0 N–H and O–H groups in total. The van der Waals surface area contributed by atoms with E-state index in [9.17, 15) is 0 Å². The molecule has 0 atom stereocenters. The number of hydrogen-bond donors (Lipinski definition) is 0. The molecule has 21 heavy (non-hydrogen) atoms. The quantitative estimate of drug-likeness (QED) is 0.722. The molecule has 0 aliphatic heterocycles. The fourth-order valence-corrected chi connectivity index (χ4v) is 2.56. The molecule has 0 bridgehead atoms. The van der Waals surface area contributed by atoms with Crippen molar-refractivity contribution < 1.29 is 9.47 Å². The van der Waals surface area contributed by atoms with Gasteiger partial charge in [-0.3, -0.25) is 0 Å². The third-order valence-electron chi connectivity index (χ3n) is 3.47. The predicted octanol–water partition coefficient (Wildman–Crippen LogP) is 4.67. The number of halogens is 1. The summed E-state index contributed by atoms with van der Waals surface area (Å²) in [6.45, 7) is 4.78. The first-order valence-corrected chi connectivity index (χ1v) is 7.59. The number of aryl methyl sites for hydroxylation is 2. The summed E-state index contributed by atoms with van der Waals surface area (Å²) in [6, 6.07) is 12.3. The van der Waals surface area contributed by atoms with Crippen molar-refractivity contribution in [1.29, 1.82) is 0 Å². The fourth-order valence-electron chi connectivity index (χ4n) is 2.41. The monoisotopic (exact) mass is 304 g/mol. The van der Waals surface area contributed by atoms with Gasteiger partial charge < -0.3 is 9.47 Å². The van der Waals surface area contributed by atoms with Gasteiger partial charge in [0.05, 0.1) is 13.7 Å². The molecule has 2 nitrogen and oxygen atoms in total. The normalized spacial score (nSPS) is 10.5. The highest BCUT2D eigenvalue weighted by atomic mass is 35.5. The minimum Gasteiger partial charge on any atom is -0.497 e. The fraction of sp³-hybridized carbons (Fsp3) is 0.333. The van der Waals surface area contributed by atoms with E-state index in [2.05, 4.69) is 38.1 Å². The lowest BCUT2D eigenvalue weighted by Gasteiger charge is -2.13. The van der Waals surface area contributed by atoms with Gasteiger partial charge in [-0.2, -0.15) is 0 Å². The van der Waals surface area contributed by atoms with Crippen LogP contribution >= 0.6 is 11.6 Å². The minimum absolute atomic E-state index is 0.536. The van der Waals surface area contributed by atoms with Crippen molar-refractivity contribution in [2.45, 2.75) is 26.1 Å². The Morgan fingerprint density at radius 1 is 0.952 bits per heavy atom. The molecule has 2 aromatic rings. The predicted molar refractivity (Wildman–Crippen MR) is 87.7 cm³/mol. The highest BCUT2D eigenvalue weighted by molar-refractivity contribution is 6.17. The van der Waals surface area contributed by atoms with E-state index in [0.29, 0.717) is 12.5 Å². The second-order valence-electron chi connectivity index (χ2n) is 5.14. The first kappa shape index (κ1) is 15.7. The molecular formula is C18H21ClO2. The highest BCUT2D eigenvalue weighted by Gasteiger charge is 2.06. The van der Waals surface area contributed by atoms with Crippen LogP contribution in [0.1, 0.15) is 22.3 Å². The van der Waals surface area contributed by atoms with Gasteiger partial charge in [0.15, 0.2) is 0 Å². The van der Waals surface area contributed by atoms with Gasteiger partial charge in [0.2, 0.25) is 0 Å². The van der Waals surface area contributed by atoms with Crippen LogP contribution in [0.25, 0.3) is 0 Å². The first-order chi connectivity index (χ1) is 10.1. The largest absolute Gasteiger partial charge is 0.497 e. The maximum absolute atomic E-state index is 5.95. The van der Waals surface area contributed by atoms with Crippen LogP contribution in [0.4, 0.5) is 0 Å². The van der Waals surface area contributed by atoms with Crippen molar-refractivity contribution in [2.75, 3.05) is 13.7 Å². The minimum atomic E-state index is 0.536. The summed E-state index contributed by atoms with van der Waals surface area (Å²) in [5.41, 5.74) is 4.65. The Hall–Kier alpha value is -1.67. The molecule has 2 aromatic carbocycles. The Labute approximate surface area is 131 Å². The zero-order valence-electron chi connectivity index (χ0n) is 12.8. The van der Waals surface area contributed by atoms with Gasteiger partial charge in [0.1, 0.15) is 11.5 Å². The van der Waals surface area contributed by atoms with E-state index in [1.54, 1.807) is 7.11 Å². The Bertz CT molecular complexity index is 568. The lowest BCUT2D eigenvalue weighted by atomic mass is 10.1. The maximum atomic E-state index is 5.95. The molecule has 0 aromatic heterocycles. The van der Waals surface area contributed by atoms with Crippen molar-refractivity contribution in [2.24, 2.45) is 0 Å². The summed E-state index contributed by atoms with van der Waals surface area (Å²) in [5, 5.41) is 0. The van der Waals surface area contributed by atoms with Crippen molar-refractivity contribution >= 4 is 11.6 Å². The van der Waals surface area contributed by atoms with Gasteiger partial charge in [0, 0.05) is 12.3 Å². The van der Waals surface area contributed by atoms with Crippen LogP contribution in [0.3, 0.4) is 0 Å². The molecule has 0 aliphatic rings. The molecule has 0 unspecified atom stereocenters. The molecule has 0 saturated carbocycles. The highest BCUT2D eigenvalue weighted by Crippen LogP contribution is 2.25. The van der Waals surface area contributed by atoms with Gasteiger partial charge in [-0.25, -0.2) is 0 Å². The topological polar surface area (TPSA) is 18.5 Å². The lowest BCUT2D eigenvalue weighted by Crippen LogP contribution is -2.04. The smallest absolute Gasteiger partial charge is 0.125 e. The lowest BCUT2D eigenvalue weighted by molar-refractivity contribution is 0.317. The van der Waals surface area contributed by atoms with E-state index in [-0.39, 0.29) is 0 Å². The summed E-state index contributed by atoms with van der Waals surface area (Å²) in [6.07, 6.45) is 0.875. The average Bonchev–Trinajstić information content (AvgIpc) is 2.50. The zero-order valence-corrected chi connectivity index (χ0v) is 13.5. The first-order valence-electron chi connectivity index (χ1n) is 7.06. The number of alkyl halides is 1. The van der Waals surface area contributed by atoms with Crippen molar-refractivity contribution in [3.63, 3.8) is 0 Å². The molecule has 0 aliphatic carbocycles. The molecule has 0 saturated heterocycles. The Kier molecular flexibility index (Phi) is 5.51. The number of ether oxygens (including phenoxy) is 2. The summed E-state index contributed by atoms with van der Waals surface area (Å²) in [7, 11) is 1.67. The Balaban J connectivity index is 1.96. The van der Waals surface area contributed by atoms with Crippen molar-refractivity contribution in [3.05, 3.63) is 58.7 Å². The molecule has 0 spiro atoms. The van der Waals surface area contributed by atoms with E-state index in [1.807, 2.05) is 12.1 Å². The third kappa shape index (κ3) is 4.15. The molecule has 112 valence electrons. The number of rotatable bonds is 6. The molecular weight excluding hydrogens is 284 g/mol. The van der Waals surface area contributed by atoms with E-state index in [4.69, 9.17) is 21.1 Å². The molecule has 2 rings (SSSR count). The summed E-state index contributed by atoms with van der Waals surface area (Å²) in [5.74, 6) is 2.38. The van der Waals surface area contributed by atoms with Gasteiger partial charge in [0.25, 0.3) is 0 Å². The second-order valence-corrected chi connectivity index (χ2v) is 5.41. The van der Waals surface area contributed by atoms with Crippen LogP contribution in [-0.4, -0.2) is 13.7 Å². The van der Waals surface area contributed by atoms with Gasteiger partial charge in [-0.15, -0.1) is 11.6 Å². The summed E-state index contributed by atoms with van der Waals surface area (Å²) in [4.78, 5) is 0. The van der Waals surface area contributed by atoms with Gasteiger partial charge >= 0.3 is 0 Å². The number of benzene rings is 2. The van der Waals surface area contributed by atoms with E-state index in [1.165, 1.54) is 5.56 Å². The number of hydrogen-bond acceptors (Lipinski definition) is 2. The molecule has 3 heteroatoms. The van der Waals surface area contributed by atoms with Crippen LogP contribution in [0.15, 0.2) is 36.4 Å². The van der Waals surface area contributed by atoms with Crippen LogP contribution in [0.5, 0.6) is 11.5 Å². The van der Waals surface area contributed by atoms with E-state index >= 15 is 0 Å². The van der Waals surface area contributed by atoms with Crippen LogP contribution in [-0.2, 0) is 12.3 Å². The van der Waals surface area contributed by atoms with Crippen LogP contribution in [0.2, 0.25) is 0 Å². The zero-order chi connectivity index (χ0) is 15.2. The van der Waals surface area contributed by atoms with Crippen LogP contribution < -0.4 is 9.47 Å².